The molecule has 0 aliphatic heterocycles. The Kier molecular flexibility index (Phi) is 7.33. The molecule has 0 fully saturated rings. The number of aryl methyl sites for hydroxylation is 1. The summed E-state index contributed by atoms with van der Waals surface area (Å²) in [4.78, 5) is 2.30. The van der Waals surface area contributed by atoms with Crippen LogP contribution in [-0.4, -0.2) is 33.3 Å². The van der Waals surface area contributed by atoms with Gasteiger partial charge in [-0.25, -0.2) is 0 Å². The van der Waals surface area contributed by atoms with Crippen LogP contribution in [0.25, 0.3) is 0 Å². The fraction of sp³-hybridized carbons (Fsp3) is 0.333. The standard InChI is InChI=1S/C21H25ClN4S/c1-25(14-8-11-17-9-4-3-5-10-17)15-20-23-24-21(26(20)2)27-16-18-12-6-7-13-19(18)22/h3-7,9-10,12-13H,8,11,14-16H2,1-2H3. The SMILES string of the molecule is CN(CCCc1ccccc1)Cc1nnc(SCc2ccccc2Cl)n1C. The molecule has 0 aliphatic rings. The molecule has 0 amide bonds. The minimum Gasteiger partial charge on any atom is -0.308 e. The van der Waals surface area contributed by atoms with Crippen molar-refractivity contribution < 1.29 is 0 Å². The summed E-state index contributed by atoms with van der Waals surface area (Å²) in [6.45, 7) is 1.83. The Morgan fingerprint density at radius 1 is 1.04 bits per heavy atom. The molecule has 0 saturated heterocycles. The van der Waals surface area contributed by atoms with Gasteiger partial charge in [0.05, 0.1) is 6.54 Å². The minimum atomic E-state index is 0.790. The molecule has 0 atom stereocenters. The van der Waals surface area contributed by atoms with E-state index in [1.54, 1.807) is 11.8 Å². The second kappa shape index (κ2) is 9.93. The summed E-state index contributed by atoms with van der Waals surface area (Å²) in [5.74, 6) is 1.78. The van der Waals surface area contributed by atoms with Crippen LogP contribution in [0.3, 0.4) is 0 Å². The van der Waals surface area contributed by atoms with Crippen LogP contribution in [0, 0.1) is 0 Å². The zero-order chi connectivity index (χ0) is 19.1. The van der Waals surface area contributed by atoms with Crippen molar-refractivity contribution in [2.45, 2.75) is 30.3 Å². The van der Waals surface area contributed by atoms with E-state index in [0.717, 1.165) is 53.3 Å². The van der Waals surface area contributed by atoms with Gasteiger partial charge in [0.15, 0.2) is 5.16 Å². The molecule has 27 heavy (non-hydrogen) atoms. The van der Waals surface area contributed by atoms with Crippen molar-refractivity contribution in [3.63, 3.8) is 0 Å². The topological polar surface area (TPSA) is 34.0 Å². The molecule has 1 heterocycles. The molecule has 3 rings (SSSR count). The maximum Gasteiger partial charge on any atom is 0.191 e. The molecule has 0 bridgehead atoms. The van der Waals surface area contributed by atoms with Gasteiger partial charge in [0.25, 0.3) is 0 Å². The first kappa shape index (κ1) is 19.9. The van der Waals surface area contributed by atoms with Crippen molar-refractivity contribution >= 4 is 23.4 Å². The normalized spacial score (nSPS) is 11.3. The Hall–Kier alpha value is -1.82. The summed E-state index contributed by atoms with van der Waals surface area (Å²) >= 11 is 7.90. The zero-order valence-electron chi connectivity index (χ0n) is 15.8. The average Bonchev–Trinajstić information content (AvgIpc) is 3.02. The lowest BCUT2D eigenvalue weighted by Crippen LogP contribution is -2.21. The van der Waals surface area contributed by atoms with Gasteiger partial charge in [0.1, 0.15) is 5.82 Å². The molecule has 6 heteroatoms. The Labute approximate surface area is 170 Å². The maximum absolute atomic E-state index is 6.23. The number of benzene rings is 2. The van der Waals surface area contributed by atoms with Crippen LogP contribution >= 0.6 is 23.4 Å². The van der Waals surface area contributed by atoms with E-state index < -0.39 is 0 Å². The van der Waals surface area contributed by atoms with Crippen molar-refractivity contribution in [1.29, 1.82) is 0 Å². The monoisotopic (exact) mass is 400 g/mol. The van der Waals surface area contributed by atoms with E-state index in [0.29, 0.717) is 0 Å². The smallest absolute Gasteiger partial charge is 0.191 e. The summed E-state index contributed by atoms with van der Waals surface area (Å²) in [6, 6.07) is 18.6. The van der Waals surface area contributed by atoms with E-state index in [1.165, 1.54) is 5.56 Å². The number of nitrogens with zero attached hydrogens (tertiary/aromatic N) is 4. The van der Waals surface area contributed by atoms with Crippen LogP contribution in [0.15, 0.2) is 59.8 Å². The molecule has 0 saturated carbocycles. The van der Waals surface area contributed by atoms with Crippen LogP contribution in [0.5, 0.6) is 0 Å². The third-order valence-electron chi connectivity index (χ3n) is 4.50. The third kappa shape index (κ3) is 5.83. The molecule has 0 spiro atoms. The van der Waals surface area contributed by atoms with E-state index in [4.69, 9.17) is 11.6 Å². The van der Waals surface area contributed by atoms with Gasteiger partial charge in [-0.3, -0.25) is 4.90 Å². The third-order valence-corrected chi connectivity index (χ3v) is 5.94. The summed E-state index contributed by atoms with van der Waals surface area (Å²) in [5.41, 5.74) is 2.51. The van der Waals surface area contributed by atoms with E-state index in [9.17, 15) is 0 Å². The molecular weight excluding hydrogens is 376 g/mol. The second-order valence-corrected chi connectivity index (χ2v) is 8.01. The second-order valence-electron chi connectivity index (χ2n) is 6.66. The number of hydrogen-bond acceptors (Lipinski definition) is 4. The van der Waals surface area contributed by atoms with Crippen molar-refractivity contribution in [3.05, 3.63) is 76.6 Å². The van der Waals surface area contributed by atoms with Gasteiger partial charge in [0, 0.05) is 17.8 Å². The van der Waals surface area contributed by atoms with Gasteiger partial charge >= 0.3 is 0 Å². The lowest BCUT2D eigenvalue weighted by atomic mass is 10.1. The Morgan fingerprint density at radius 3 is 2.56 bits per heavy atom. The average molecular weight is 401 g/mol. The highest BCUT2D eigenvalue weighted by molar-refractivity contribution is 7.98. The molecule has 142 valence electrons. The van der Waals surface area contributed by atoms with Crippen LogP contribution in [0.2, 0.25) is 5.02 Å². The predicted octanol–water partition coefficient (Wildman–Crippen LogP) is 4.83. The summed E-state index contributed by atoms with van der Waals surface area (Å²) in [5, 5.41) is 10.4. The first-order chi connectivity index (χ1) is 13.1. The van der Waals surface area contributed by atoms with Crippen molar-refractivity contribution in [1.82, 2.24) is 19.7 Å². The molecule has 0 unspecified atom stereocenters. The van der Waals surface area contributed by atoms with Crippen LogP contribution < -0.4 is 0 Å². The number of halogens is 1. The van der Waals surface area contributed by atoms with Crippen LogP contribution in [0.1, 0.15) is 23.4 Å². The highest BCUT2D eigenvalue weighted by Crippen LogP contribution is 2.25. The molecular formula is C21H25ClN4S. The predicted molar refractivity (Wildman–Crippen MR) is 113 cm³/mol. The fourth-order valence-corrected chi connectivity index (χ4v) is 4.10. The van der Waals surface area contributed by atoms with E-state index in [1.807, 2.05) is 31.3 Å². The van der Waals surface area contributed by atoms with Crippen LogP contribution in [-0.2, 0) is 25.8 Å². The van der Waals surface area contributed by atoms with E-state index in [2.05, 4.69) is 57.0 Å². The van der Waals surface area contributed by atoms with Crippen molar-refractivity contribution in [2.75, 3.05) is 13.6 Å². The largest absolute Gasteiger partial charge is 0.308 e. The molecule has 0 aliphatic carbocycles. The van der Waals surface area contributed by atoms with Crippen molar-refractivity contribution in [2.24, 2.45) is 7.05 Å². The lowest BCUT2D eigenvalue weighted by Gasteiger charge is -2.16. The number of aromatic nitrogens is 3. The molecule has 0 radical (unpaired) electrons. The number of hydrogen-bond donors (Lipinski definition) is 0. The van der Waals surface area contributed by atoms with Gasteiger partial charge in [-0.1, -0.05) is 71.9 Å². The molecule has 0 N–H and O–H groups in total. The van der Waals surface area contributed by atoms with Gasteiger partial charge < -0.3 is 4.57 Å². The highest BCUT2D eigenvalue weighted by Gasteiger charge is 2.12. The minimum absolute atomic E-state index is 0.790. The molecule has 3 aromatic rings. The highest BCUT2D eigenvalue weighted by atomic mass is 35.5. The van der Waals surface area contributed by atoms with Gasteiger partial charge in [0.2, 0.25) is 0 Å². The van der Waals surface area contributed by atoms with Crippen molar-refractivity contribution in [3.8, 4) is 0 Å². The summed E-state index contributed by atoms with van der Waals surface area (Å²) in [6.07, 6.45) is 2.23. The number of thioether (sulfide) groups is 1. The molecule has 2 aromatic carbocycles. The first-order valence-corrected chi connectivity index (χ1v) is 10.5. The lowest BCUT2D eigenvalue weighted by molar-refractivity contribution is 0.309. The van der Waals surface area contributed by atoms with E-state index in [-0.39, 0.29) is 0 Å². The Morgan fingerprint density at radius 2 is 1.78 bits per heavy atom. The fourth-order valence-electron chi connectivity index (χ4n) is 2.88. The Bertz CT molecular complexity index is 850. The quantitative estimate of drug-likeness (QED) is 0.482. The van der Waals surface area contributed by atoms with E-state index >= 15 is 0 Å². The summed E-state index contributed by atoms with van der Waals surface area (Å²) < 4.78 is 2.08. The van der Waals surface area contributed by atoms with Gasteiger partial charge in [-0.2, -0.15) is 0 Å². The first-order valence-electron chi connectivity index (χ1n) is 9.10. The maximum atomic E-state index is 6.23. The summed E-state index contributed by atoms with van der Waals surface area (Å²) in [7, 11) is 4.16. The van der Waals surface area contributed by atoms with Gasteiger partial charge in [-0.15, -0.1) is 10.2 Å². The molecule has 4 nitrogen and oxygen atoms in total. The van der Waals surface area contributed by atoms with Crippen LogP contribution in [0.4, 0.5) is 0 Å². The molecule has 1 aromatic heterocycles. The zero-order valence-corrected chi connectivity index (χ0v) is 17.4. The Balaban J connectivity index is 1.48. The van der Waals surface area contributed by atoms with Gasteiger partial charge in [-0.05, 0) is 43.6 Å². The number of rotatable bonds is 9.